The molecule has 0 spiro atoms. The molecule has 4 aromatic rings. The summed E-state index contributed by atoms with van der Waals surface area (Å²) in [6, 6.07) is 25.7. The van der Waals surface area contributed by atoms with Crippen LogP contribution in [-0.4, -0.2) is 35.0 Å². The quantitative estimate of drug-likeness (QED) is 0.517. The number of hydrogen-bond donors (Lipinski definition) is 1. The number of hydrogen-bond acceptors (Lipinski definition) is 4. The van der Waals surface area contributed by atoms with Gasteiger partial charge >= 0.3 is 0 Å². The van der Waals surface area contributed by atoms with Gasteiger partial charge in [0, 0.05) is 24.5 Å². The number of aliphatic hydroxyl groups is 1. The van der Waals surface area contributed by atoms with E-state index in [1.54, 1.807) is 24.4 Å². The molecule has 1 aliphatic heterocycles. The summed E-state index contributed by atoms with van der Waals surface area (Å²) in [6.07, 6.45) is 1.60. The summed E-state index contributed by atoms with van der Waals surface area (Å²) in [4.78, 5) is 4.54. The first kappa shape index (κ1) is 20.8. The van der Waals surface area contributed by atoms with Crippen molar-refractivity contribution >= 4 is 20.9 Å². The molecular weight excluding hydrogens is 420 g/mol. The third-order valence-corrected chi connectivity index (χ3v) is 8.06. The zero-order valence-corrected chi connectivity index (χ0v) is 18.3. The van der Waals surface area contributed by atoms with E-state index in [1.807, 2.05) is 66.7 Å². The van der Waals surface area contributed by atoms with E-state index in [9.17, 15) is 13.5 Å². The molecule has 0 radical (unpaired) electrons. The third kappa shape index (κ3) is 3.81. The van der Waals surface area contributed by atoms with E-state index >= 15 is 0 Å². The van der Waals surface area contributed by atoms with Crippen LogP contribution in [0.15, 0.2) is 96.0 Å². The lowest BCUT2D eigenvalue weighted by Gasteiger charge is -2.32. The van der Waals surface area contributed by atoms with Crippen LogP contribution in [0.3, 0.4) is 0 Å². The van der Waals surface area contributed by atoms with Crippen LogP contribution in [0.2, 0.25) is 0 Å². The Kier molecular flexibility index (Phi) is 5.51. The van der Waals surface area contributed by atoms with Crippen LogP contribution in [0.4, 0.5) is 0 Å². The maximum atomic E-state index is 14.1. The van der Waals surface area contributed by atoms with Crippen LogP contribution in [0.1, 0.15) is 16.7 Å². The van der Waals surface area contributed by atoms with Gasteiger partial charge in [0.05, 0.1) is 17.7 Å². The molecule has 0 saturated carbocycles. The summed E-state index contributed by atoms with van der Waals surface area (Å²) in [5, 5.41) is 12.0. The molecule has 0 bridgehead atoms. The van der Waals surface area contributed by atoms with Gasteiger partial charge in [-0.05, 0) is 35.2 Å². The van der Waals surface area contributed by atoms with Crippen molar-refractivity contribution in [3.63, 3.8) is 0 Å². The van der Waals surface area contributed by atoms with Gasteiger partial charge in [0.1, 0.15) is 4.90 Å². The van der Waals surface area contributed by atoms with Crippen LogP contribution in [0, 0.1) is 0 Å². The van der Waals surface area contributed by atoms with Crippen molar-refractivity contribution in [2.45, 2.75) is 36.4 Å². The molecular formula is C26H24N2O3S. The molecule has 162 valence electrons. The van der Waals surface area contributed by atoms with E-state index in [0.717, 1.165) is 22.1 Å². The fourth-order valence-electron chi connectivity index (χ4n) is 4.52. The molecule has 0 saturated heterocycles. The van der Waals surface area contributed by atoms with Crippen molar-refractivity contribution in [1.29, 1.82) is 0 Å². The molecule has 0 aliphatic carbocycles. The standard InChI is InChI=1S/C26H24N2O3S/c29-24-17-21-10-4-5-11-22(21)18-28(23(24)16-19-8-2-1-3-9-19)32(30,31)25-14-6-12-20-13-7-15-27-26(20)25/h1-15,23-24,29H,16-18H2/t23-,24-/m1/s1. The second kappa shape index (κ2) is 8.47. The van der Waals surface area contributed by atoms with Crippen LogP contribution >= 0.6 is 0 Å². The molecule has 1 N–H and O–H groups in total. The largest absolute Gasteiger partial charge is 0.391 e. The Morgan fingerprint density at radius 3 is 2.41 bits per heavy atom. The number of sulfonamides is 1. The fraction of sp³-hybridized carbons (Fsp3) is 0.192. The van der Waals surface area contributed by atoms with Gasteiger partial charge in [0.25, 0.3) is 0 Å². The van der Waals surface area contributed by atoms with Gasteiger partial charge in [0.2, 0.25) is 10.0 Å². The third-order valence-electron chi connectivity index (χ3n) is 6.16. The monoisotopic (exact) mass is 444 g/mol. The van der Waals surface area contributed by atoms with E-state index in [4.69, 9.17) is 0 Å². The SMILES string of the molecule is O=S(=O)(c1cccc2cccnc12)N1Cc2ccccc2C[C@@H](O)[C@H]1Cc1ccccc1. The minimum Gasteiger partial charge on any atom is -0.391 e. The second-order valence-corrected chi connectivity index (χ2v) is 10.0. The first-order chi connectivity index (χ1) is 15.5. The van der Waals surface area contributed by atoms with Crippen molar-refractivity contribution < 1.29 is 13.5 Å². The highest BCUT2D eigenvalue weighted by Gasteiger charge is 2.39. The number of nitrogens with zero attached hydrogens (tertiary/aromatic N) is 2. The van der Waals surface area contributed by atoms with Gasteiger partial charge in [0.15, 0.2) is 0 Å². The van der Waals surface area contributed by atoms with Crippen molar-refractivity contribution in [2.24, 2.45) is 0 Å². The summed E-state index contributed by atoms with van der Waals surface area (Å²) in [6.45, 7) is 0.205. The summed E-state index contributed by atoms with van der Waals surface area (Å²) < 4.78 is 29.6. The van der Waals surface area contributed by atoms with Gasteiger partial charge in [-0.3, -0.25) is 4.98 Å². The molecule has 2 atom stereocenters. The zero-order chi connectivity index (χ0) is 22.1. The Morgan fingerprint density at radius 1 is 0.875 bits per heavy atom. The Morgan fingerprint density at radius 2 is 1.59 bits per heavy atom. The van der Waals surface area contributed by atoms with Gasteiger partial charge in [-0.15, -0.1) is 0 Å². The molecule has 1 aliphatic rings. The lowest BCUT2D eigenvalue weighted by Crippen LogP contribution is -2.47. The maximum absolute atomic E-state index is 14.1. The number of pyridine rings is 1. The van der Waals surface area contributed by atoms with E-state index in [1.165, 1.54) is 4.31 Å². The highest BCUT2D eigenvalue weighted by atomic mass is 32.2. The number of fused-ring (bicyclic) bond motifs is 2. The van der Waals surface area contributed by atoms with Gasteiger partial charge in [-0.25, -0.2) is 8.42 Å². The van der Waals surface area contributed by atoms with Gasteiger partial charge in [-0.2, -0.15) is 4.31 Å². The molecule has 0 fully saturated rings. The highest BCUT2D eigenvalue weighted by Crippen LogP contribution is 2.32. The molecule has 0 amide bonds. The Balaban J connectivity index is 1.66. The van der Waals surface area contributed by atoms with Crippen LogP contribution in [0.25, 0.3) is 10.9 Å². The van der Waals surface area contributed by atoms with Crippen molar-refractivity contribution in [3.8, 4) is 0 Å². The molecule has 5 nitrogen and oxygen atoms in total. The van der Waals surface area contributed by atoms with Crippen LogP contribution < -0.4 is 0 Å². The molecule has 32 heavy (non-hydrogen) atoms. The zero-order valence-electron chi connectivity index (χ0n) is 17.5. The number of aromatic nitrogens is 1. The number of aliphatic hydroxyl groups excluding tert-OH is 1. The van der Waals surface area contributed by atoms with Crippen LogP contribution in [0.5, 0.6) is 0 Å². The van der Waals surface area contributed by atoms with Crippen LogP contribution in [-0.2, 0) is 29.4 Å². The fourth-order valence-corrected chi connectivity index (χ4v) is 6.32. The minimum absolute atomic E-state index is 0.167. The lowest BCUT2D eigenvalue weighted by molar-refractivity contribution is 0.0926. The van der Waals surface area contributed by atoms with Crippen molar-refractivity contribution in [2.75, 3.05) is 0 Å². The lowest BCUT2D eigenvalue weighted by atomic mass is 9.97. The van der Waals surface area contributed by atoms with Gasteiger partial charge < -0.3 is 5.11 Å². The maximum Gasteiger partial charge on any atom is 0.245 e. The molecule has 1 aromatic heterocycles. The molecule has 5 rings (SSSR count). The van der Waals surface area contributed by atoms with Crippen molar-refractivity contribution in [1.82, 2.24) is 9.29 Å². The number of rotatable bonds is 4. The summed E-state index contributed by atoms with van der Waals surface area (Å²) in [7, 11) is -3.95. The smallest absolute Gasteiger partial charge is 0.245 e. The first-order valence-corrected chi connectivity index (χ1v) is 12.1. The molecule has 3 aromatic carbocycles. The number of para-hydroxylation sites is 1. The normalized spacial score (nSPS) is 19.4. The predicted molar refractivity (Wildman–Crippen MR) is 125 cm³/mol. The first-order valence-electron chi connectivity index (χ1n) is 10.7. The summed E-state index contributed by atoms with van der Waals surface area (Å²) in [5.41, 5.74) is 3.32. The summed E-state index contributed by atoms with van der Waals surface area (Å²) >= 11 is 0. The van der Waals surface area contributed by atoms with E-state index in [0.29, 0.717) is 18.4 Å². The summed E-state index contributed by atoms with van der Waals surface area (Å²) in [5.74, 6) is 0. The van der Waals surface area contributed by atoms with Gasteiger partial charge in [-0.1, -0.05) is 72.8 Å². The topological polar surface area (TPSA) is 70.5 Å². The average molecular weight is 445 g/mol. The minimum atomic E-state index is -3.95. The Labute approximate surface area is 188 Å². The van der Waals surface area contributed by atoms with E-state index < -0.39 is 22.2 Å². The average Bonchev–Trinajstić information content (AvgIpc) is 2.96. The predicted octanol–water partition coefficient (Wildman–Crippen LogP) is 3.95. The number of benzene rings is 3. The molecule has 6 heteroatoms. The van der Waals surface area contributed by atoms with E-state index in [2.05, 4.69) is 4.98 Å². The second-order valence-electron chi connectivity index (χ2n) is 8.18. The Hall–Kier alpha value is -3.06. The van der Waals surface area contributed by atoms with E-state index in [-0.39, 0.29) is 11.4 Å². The van der Waals surface area contributed by atoms with Crippen molar-refractivity contribution in [3.05, 3.63) is 108 Å². The molecule has 0 unspecified atom stereocenters. The molecule has 2 heterocycles. The highest BCUT2D eigenvalue weighted by molar-refractivity contribution is 7.89. The Bertz CT molecular complexity index is 1350.